The van der Waals surface area contributed by atoms with E-state index in [1.807, 2.05) is 30.9 Å². The average molecular weight is 266 g/mol. The first kappa shape index (κ1) is 15.8. The fourth-order valence-electron chi connectivity index (χ4n) is 2.08. The number of carbonyl (C=O) groups excluding carboxylic acids is 1. The molecule has 0 aliphatic carbocycles. The lowest BCUT2D eigenvalue weighted by molar-refractivity contribution is -0.130. The second-order valence-corrected chi connectivity index (χ2v) is 4.79. The van der Waals surface area contributed by atoms with E-state index in [0.29, 0.717) is 12.5 Å². The summed E-state index contributed by atoms with van der Waals surface area (Å²) >= 11 is 0. The molecule has 1 amide bonds. The highest BCUT2D eigenvalue weighted by atomic mass is 16.3. The molecule has 0 saturated carbocycles. The zero-order valence-electron chi connectivity index (χ0n) is 12.3. The maximum absolute atomic E-state index is 11.8. The summed E-state index contributed by atoms with van der Waals surface area (Å²) in [4.78, 5) is 13.7. The van der Waals surface area contributed by atoms with Crippen LogP contribution in [0.15, 0.2) is 22.8 Å². The van der Waals surface area contributed by atoms with E-state index in [9.17, 15) is 4.79 Å². The first-order valence-electron chi connectivity index (χ1n) is 7.20. The van der Waals surface area contributed by atoms with Crippen molar-refractivity contribution >= 4 is 5.91 Å². The molecule has 1 aromatic heterocycles. The molecule has 1 aromatic rings. The van der Waals surface area contributed by atoms with Gasteiger partial charge in [0.1, 0.15) is 5.76 Å². The maximum Gasteiger partial charge on any atom is 0.223 e. The molecule has 0 aliphatic rings. The Morgan fingerprint density at radius 1 is 1.42 bits per heavy atom. The molecule has 0 radical (unpaired) electrons. The molecule has 0 fully saturated rings. The number of nitrogens with one attached hydrogen (secondary N) is 1. The van der Waals surface area contributed by atoms with E-state index < -0.39 is 0 Å². The molecule has 4 heteroatoms. The SMILES string of the molecule is CCN(CC)C(=O)CCNC(C)CCc1ccco1. The van der Waals surface area contributed by atoms with E-state index in [-0.39, 0.29) is 5.91 Å². The van der Waals surface area contributed by atoms with Crippen molar-refractivity contribution in [3.8, 4) is 0 Å². The van der Waals surface area contributed by atoms with E-state index in [0.717, 1.165) is 38.2 Å². The van der Waals surface area contributed by atoms with Crippen molar-refractivity contribution in [2.75, 3.05) is 19.6 Å². The minimum atomic E-state index is 0.232. The van der Waals surface area contributed by atoms with Crippen molar-refractivity contribution in [1.29, 1.82) is 0 Å². The summed E-state index contributed by atoms with van der Waals surface area (Å²) in [5.41, 5.74) is 0. The smallest absolute Gasteiger partial charge is 0.223 e. The molecule has 0 spiro atoms. The van der Waals surface area contributed by atoms with E-state index in [2.05, 4.69) is 12.2 Å². The lowest BCUT2D eigenvalue weighted by Gasteiger charge is -2.19. The second-order valence-electron chi connectivity index (χ2n) is 4.79. The van der Waals surface area contributed by atoms with Crippen molar-refractivity contribution in [3.05, 3.63) is 24.2 Å². The monoisotopic (exact) mass is 266 g/mol. The lowest BCUT2D eigenvalue weighted by atomic mass is 10.1. The standard InChI is InChI=1S/C15H26N2O2/c1-4-17(5-2)15(18)10-11-16-13(3)8-9-14-7-6-12-19-14/h6-7,12-13,16H,4-5,8-11H2,1-3H3. The molecule has 1 rings (SSSR count). The molecule has 1 heterocycles. The van der Waals surface area contributed by atoms with Crippen LogP contribution >= 0.6 is 0 Å². The van der Waals surface area contributed by atoms with Crippen LogP contribution in [0.3, 0.4) is 0 Å². The quantitative estimate of drug-likeness (QED) is 0.746. The Morgan fingerprint density at radius 2 is 2.16 bits per heavy atom. The maximum atomic E-state index is 11.8. The lowest BCUT2D eigenvalue weighted by Crippen LogP contribution is -2.35. The summed E-state index contributed by atoms with van der Waals surface area (Å²) in [6.07, 6.45) is 4.24. The van der Waals surface area contributed by atoms with Crippen LogP contribution in [0.25, 0.3) is 0 Å². The van der Waals surface area contributed by atoms with Crippen LogP contribution in [-0.2, 0) is 11.2 Å². The van der Waals surface area contributed by atoms with E-state index in [4.69, 9.17) is 4.42 Å². The minimum absolute atomic E-state index is 0.232. The van der Waals surface area contributed by atoms with Gasteiger partial charge in [0.25, 0.3) is 0 Å². The van der Waals surface area contributed by atoms with Crippen molar-refractivity contribution in [2.45, 2.75) is 46.1 Å². The predicted molar refractivity (Wildman–Crippen MR) is 77.0 cm³/mol. The van der Waals surface area contributed by atoms with Gasteiger partial charge in [-0.15, -0.1) is 0 Å². The number of amides is 1. The van der Waals surface area contributed by atoms with Crippen LogP contribution in [0.2, 0.25) is 0 Å². The Balaban J connectivity index is 2.13. The van der Waals surface area contributed by atoms with Gasteiger partial charge in [-0.05, 0) is 39.3 Å². The topological polar surface area (TPSA) is 45.5 Å². The van der Waals surface area contributed by atoms with Gasteiger partial charge >= 0.3 is 0 Å². The number of carbonyl (C=O) groups is 1. The second kappa shape index (κ2) is 8.75. The largest absolute Gasteiger partial charge is 0.469 e. The first-order valence-corrected chi connectivity index (χ1v) is 7.20. The molecule has 108 valence electrons. The van der Waals surface area contributed by atoms with Crippen molar-refractivity contribution in [1.82, 2.24) is 10.2 Å². The molecular weight excluding hydrogens is 240 g/mol. The molecule has 0 aromatic carbocycles. The Morgan fingerprint density at radius 3 is 2.74 bits per heavy atom. The van der Waals surface area contributed by atoms with E-state index in [1.165, 1.54) is 0 Å². The number of hydrogen-bond acceptors (Lipinski definition) is 3. The third-order valence-corrected chi connectivity index (χ3v) is 3.35. The molecule has 0 bridgehead atoms. The highest BCUT2D eigenvalue weighted by Gasteiger charge is 2.09. The third kappa shape index (κ3) is 5.92. The molecule has 1 unspecified atom stereocenters. The Bertz CT molecular complexity index is 345. The summed E-state index contributed by atoms with van der Waals surface area (Å²) in [5, 5.41) is 3.39. The predicted octanol–water partition coefficient (Wildman–Crippen LogP) is 2.45. The zero-order chi connectivity index (χ0) is 14.1. The molecule has 4 nitrogen and oxygen atoms in total. The number of rotatable bonds is 9. The average Bonchev–Trinajstić information content (AvgIpc) is 2.91. The van der Waals surface area contributed by atoms with Gasteiger partial charge in [0.05, 0.1) is 6.26 Å². The van der Waals surface area contributed by atoms with Crippen LogP contribution in [0.5, 0.6) is 0 Å². The molecule has 1 atom stereocenters. The summed E-state index contributed by atoms with van der Waals surface area (Å²) in [6.45, 7) is 8.51. The van der Waals surface area contributed by atoms with Gasteiger partial charge in [0.2, 0.25) is 5.91 Å². The van der Waals surface area contributed by atoms with Gasteiger partial charge < -0.3 is 14.6 Å². The van der Waals surface area contributed by atoms with Gasteiger partial charge in [0, 0.05) is 38.5 Å². The summed E-state index contributed by atoms with van der Waals surface area (Å²) < 4.78 is 5.30. The number of hydrogen-bond donors (Lipinski definition) is 1. The Labute approximate surface area is 116 Å². The van der Waals surface area contributed by atoms with Crippen LogP contribution in [0.4, 0.5) is 0 Å². The highest BCUT2D eigenvalue weighted by Crippen LogP contribution is 2.05. The van der Waals surface area contributed by atoms with Crippen molar-refractivity contribution in [2.24, 2.45) is 0 Å². The summed E-state index contributed by atoms with van der Waals surface area (Å²) in [7, 11) is 0. The fourth-order valence-corrected chi connectivity index (χ4v) is 2.08. The van der Waals surface area contributed by atoms with Crippen molar-refractivity contribution < 1.29 is 9.21 Å². The molecule has 0 aliphatic heterocycles. The van der Waals surface area contributed by atoms with Crippen LogP contribution in [-0.4, -0.2) is 36.5 Å². The zero-order valence-corrected chi connectivity index (χ0v) is 12.3. The van der Waals surface area contributed by atoms with Gasteiger partial charge in [-0.3, -0.25) is 4.79 Å². The Kier molecular flexibility index (Phi) is 7.26. The number of aryl methyl sites for hydroxylation is 1. The van der Waals surface area contributed by atoms with Crippen LogP contribution in [0.1, 0.15) is 39.4 Å². The highest BCUT2D eigenvalue weighted by molar-refractivity contribution is 5.76. The number of nitrogens with zero attached hydrogens (tertiary/aromatic N) is 1. The first-order chi connectivity index (χ1) is 9.17. The molecular formula is C15H26N2O2. The van der Waals surface area contributed by atoms with E-state index >= 15 is 0 Å². The van der Waals surface area contributed by atoms with Gasteiger partial charge in [-0.25, -0.2) is 0 Å². The third-order valence-electron chi connectivity index (χ3n) is 3.35. The fraction of sp³-hybridized carbons (Fsp3) is 0.667. The molecule has 1 N–H and O–H groups in total. The molecule has 19 heavy (non-hydrogen) atoms. The van der Waals surface area contributed by atoms with Gasteiger partial charge in [-0.2, -0.15) is 0 Å². The Hall–Kier alpha value is -1.29. The van der Waals surface area contributed by atoms with Crippen molar-refractivity contribution in [3.63, 3.8) is 0 Å². The minimum Gasteiger partial charge on any atom is -0.469 e. The normalized spacial score (nSPS) is 12.4. The number of furan rings is 1. The van der Waals surface area contributed by atoms with Crippen LogP contribution < -0.4 is 5.32 Å². The summed E-state index contributed by atoms with van der Waals surface area (Å²) in [5.74, 6) is 1.25. The molecule has 0 saturated heterocycles. The van der Waals surface area contributed by atoms with Gasteiger partial charge in [-0.1, -0.05) is 0 Å². The van der Waals surface area contributed by atoms with E-state index in [1.54, 1.807) is 6.26 Å². The van der Waals surface area contributed by atoms with Crippen LogP contribution in [0, 0.1) is 0 Å². The van der Waals surface area contributed by atoms with Gasteiger partial charge in [0.15, 0.2) is 0 Å². The summed E-state index contributed by atoms with van der Waals surface area (Å²) in [6, 6.07) is 4.31.